The van der Waals surface area contributed by atoms with Crippen LogP contribution in [0.15, 0.2) is 120 Å². The zero-order valence-electron chi connectivity index (χ0n) is 15.8. The molecule has 0 aliphatic carbocycles. The summed E-state index contributed by atoms with van der Waals surface area (Å²) >= 11 is -3.60. The van der Waals surface area contributed by atoms with Crippen LogP contribution in [0.2, 0.25) is 0 Å². The SMILES string of the molecule is c1cc[c]([Pb]([S]c2nc3ccccc3[nH]2)([c]2ccccc2)[c]2ccccc2)cc1. The average Bonchev–Trinajstić information content (AvgIpc) is 3.22. The van der Waals surface area contributed by atoms with E-state index in [1.54, 1.807) is 0 Å². The third kappa shape index (κ3) is 3.53. The summed E-state index contributed by atoms with van der Waals surface area (Å²) < 4.78 is 4.34. The Morgan fingerprint density at radius 1 is 0.552 bits per heavy atom. The Bertz CT molecular complexity index is 1090. The van der Waals surface area contributed by atoms with Crippen molar-refractivity contribution in [2.45, 2.75) is 5.16 Å². The van der Waals surface area contributed by atoms with E-state index in [2.05, 4.69) is 114 Å². The van der Waals surface area contributed by atoms with Gasteiger partial charge in [0.05, 0.1) is 0 Å². The first-order valence-corrected chi connectivity index (χ1v) is 21.1. The first-order chi connectivity index (χ1) is 14.4. The fraction of sp³-hybridized carbons (Fsp3) is 0. The molecule has 0 aliphatic rings. The Morgan fingerprint density at radius 3 is 1.48 bits per heavy atom. The van der Waals surface area contributed by atoms with Crippen molar-refractivity contribution in [1.29, 1.82) is 0 Å². The van der Waals surface area contributed by atoms with E-state index >= 15 is 0 Å². The molecule has 0 fully saturated rings. The number of rotatable bonds is 5. The van der Waals surface area contributed by atoms with Gasteiger partial charge in [0, 0.05) is 0 Å². The third-order valence-electron chi connectivity index (χ3n) is 5.16. The fourth-order valence-electron chi connectivity index (χ4n) is 3.82. The molecule has 5 rings (SSSR count). The molecule has 0 aliphatic heterocycles. The molecule has 1 aromatic heterocycles. The van der Waals surface area contributed by atoms with Crippen molar-refractivity contribution in [3.05, 3.63) is 115 Å². The Kier molecular flexibility index (Phi) is 5.25. The minimum atomic E-state index is -3.60. The Labute approximate surface area is 177 Å². The third-order valence-corrected chi connectivity index (χ3v) is 31.3. The van der Waals surface area contributed by atoms with Gasteiger partial charge in [0.15, 0.2) is 0 Å². The molecule has 0 unspecified atom stereocenters. The molecular weight excluding hydrogens is 568 g/mol. The maximum atomic E-state index is 4.94. The number of imidazole rings is 1. The maximum absolute atomic E-state index is 4.94. The van der Waals surface area contributed by atoms with E-state index in [0.717, 1.165) is 16.2 Å². The number of nitrogens with one attached hydrogen (secondary N) is 1. The van der Waals surface area contributed by atoms with Crippen LogP contribution in [0.3, 0.4) is 0 Å². The van der Waals surface area contributed by atoms with Crippen LogP contribution in [0.4, 0.5) is 0 Å². The van der Waals surface area contributed by atoms with Gasteiger partial charge in [0.2, 0.25) is 0 Å². The van der Waals surface area contributed by atoms with Crippen LogP contribution in [-0.4, -0.2) is 29.6 Å². The molecule has 1 heterocycles. The molecular formula is C25H20N2PbS. The Balaban J connectivity index is 1.77. The Hall–Kier alpha value is -2.38. The minimum absolute atomic E-state index is 1.00. The monoisotopic (exact) mass is 588 g/mol. The van der Waals surface area contributed by atoms with E-state index in [1.807, 2.05) is 14.4 Å². The number of aromatic amines is 1. The summed E-state index contributed by atoms with van der Waals surface area (Å²) in [6.45, 7) is 0. The van der Waals surface area contributed by atoms with Crippen LogP contribution in [0.5, 0.6) is 0 Å². The van der Waals surface area contributed by atoms with Crippen molar-refractivity contribution in [2.24, 2.45) is 0 Å². The van der Waals surface area contributed by atoms with E-state index < -0.39 is 19.7 Å². The van der Waals surface area contributed by atoms with Gasteiger partial charge in [-0.2, -0.15) is 0 Å². The number of hydrogen-bond donors (Lipinski definition) is 1. The molecule has 2 nitrogen and oxygen atoms in total. The number of aromatic nitrogens is 2. The molecule has 0 amide bonds. The second-order valence-electron chi connectivity index (χ2n) is 6.94. The molecule has 0 radical (unpaired) electrons. The standard InChI is InChI=1S/C7H6N2S.3C6H5.Pb/c10-7-8-5-3-1-2-4-6(5)9-7;3*1-2-4-6-5-3-1;/h1-4H,(H2,8,9,10);3*1-5H;/q;;;;+1/p-1. The summed E-state index contributed by atoms with van der Waals surface area (Å²) in [6, 6.07) is 41.4. The summed E-state index contributed by atoms with van der Waals surface area (Å²) in [7, 11) is 1.98. The van der Waals surface area contributed by atoms with Crippen molar-refractivity contribution in [2.75, 3.05) is 0 Å². The molecule has 0 atom stereocenters. The molecule has 0 bridgehead atoms. The van der Waals surface area contributed by atoms with Gasteiger partial charge in [-0.3, -0.25) is 0 Å². The summed E-state index contributed by atoms with van der Waals surface area (Å²) in [4.78, 5) is 8.50. The average molecular weight is 588 g/mol. The first kappa shape index (κ1) is 18.6. The topological polar surface area (TPSA) is 28.7 Å². The van der Waals surface area contributed by atoms with Gasteiger partial charge >= 0.3 is 179 Å². The van der Waals surface area contributed by atoms with E-state index in [-0.39, 0.29) is 0 Å². The van der Waals surface area contributed by atoms with E-state index in [0.29, 0.717) is 0 Å². The molecule has 140 valence electrons. The van der Waals surface area contributed by atoms with Crippen LogP contribution >= 0.6 is 8.31 Å². The van der Waals surface area contributed by atoms with Gasteiger partial charge in [-0.15, -0.1) is 0 Å². The van der Waals surface area contributed by atoms with Crippen LogP contribution in [0.1, 0.15) is 0 Å². The zero-order chi connectivity index (χ0) is 19.5. The van der Waals surface area contributed by atoms with Gasteiger partial charge in [-0.05, 0) is 0 Å². The second kappa shape index (κ2) is 8.16. The Morgan fingerprint density at radius 2 is 1.00 bits per heavy atom. The van der Waals surface area contributed by atoms with Gasteiger partial charge in [-0.1, -0.05) is 0 Å². The molecule has 0 spiro atoms. The fourth-order valence-corrected chi connectivity index (χ4v) is 28.6. The zero-order valence-corrected chi connectivity index (χ0v) is 20.5. The molecule has 5 aromatic rings. The predicted molar refractivity (Wildman–Crippen MR) is 126 cm³/mol. The molecule has 29 heavy (non-hydrogen) atoms. The van der Waals surface area contributed by atoms with Crippen LogP contribution in [0, 0.1) is 0 Å². The molecule has 4 aromatic carbocycles. The van der Waals surface area contributed by atoms with Crippen molar-refractivity contribution in [3.8, 4) is 0 Å². The summed E-state index contributed by atoms with van der Waals surface area (Å²) in [5.74, 6) is 0. The normalized spacial score (nSPS) is 11.6. The number of H-pyrrole nitrogens is 1. The van der Waals surface area contributed by atoms with Crippen LogP contribution < -0.4 is 9.37 Å². The van der Waals surface area contributed by atoms with Gasteiger partial charge in [0.1, 0.15) is 0 Å². The van der Waals surface area contributed by atoms with Crippen molar-refractivity contribution >= 4 is 48.4 Å². The second-order valence-corrected chi connectivity index (χ2v) is 27.3. The van der Waals surface area contributed by atoms with E-state index in [1.165, 1.54) is 9.37 Å². The first-order valence-electron chi connectivity index (χ1n) is 9.66. The van der Waals surface area contributed by atoms with Gasteiger partial charge < -0.3 is 0 Å². The number of hydrogen-bond acceptors (Lipinski definition) is 2. The molecule has 1 N–H and O–H groups in total. The number of fused-ring (bicyclic) bond motifs is 1. The molecule has 0 saturated heterocycles. The molecule has 4 heteroatoms. The van der Waals surface area contributed by atoms with Crippen LogP contribution in [-0.2, 0) is 0 Å². The quantitative estimate of drug-likeness (QED) is 0.311. The summed E-state index contributed by atoms with van der Waals surface area (Å²) in [6.07, 6.45) is 0. The van der Waals surface area contributed by atoms with E-state index in [4.69, 9.17) is 4.98 Å². The van der Waals surface area contributed by atoms with Crippen molar-refractivity contribution in [3.63, 3.8) is 0 Å². The summed E-state index contributed by atoms with van der Waals surface area (Å²) in [5, 5.41) is 1.00. The number of benzene rings is 4. The van der Waals surface area contributed by atoms with E-state index in [9.17, 15) is 0 Å². The summed E-state index contributed by atoms with van der Waals surface area (Å²) in [5.41, 5.74) is 2.11. The van der Waals surface area contributed by atoms with Gasteiger partial charge in [0.25, 0.3) is 0 Å². The number of para-hydroxylation sites is 2. The van der Waals surface area contributed by atoms with Crippen LogP contribution in [0.25, 0.3) is 11.0 Å². The molecule has 0 saturated carbocycles. The number of nitrogens with zero attached hydrogens (tertiary/aromatic N) is 1. The predicted octanol–water partition coefficient (Wildman–Crippen LogP) is 4.32. The van der Waals surface area contributed by atoms with Crippen molar-refractivity contribution in [1.82, 2.24) is 9.97 Å². The van der Waals surface area contributed by atoms with Gasteiger partial charge in [-0.25, -0.2) is 0 Å². The van der Waals surface area contributed by atoms with Crippen molar-refractivity contribution < 1.29 is 0 Å².